The first-order valence-electron chi connectivity index (χ1n) is 4.53. The number of amides is 1. The van der Waals surface area contributed by atoms with Crippen LogP contribution in [0.5, 0.6) is 0 Å². The smallest absolute Gasteiger partial charge is 0.226 e. The molecule has 15 heavy (non-hydrogen) atoms. The molecule has 4 N–H and O–H groups in total. The molecule has 0 saturated carbocycles. The molecule has 0 aliphatic carbocycles. The van der Waals surface area contributed by atoms with Crippen molar-refractivity contribution in [2.75, 3.05) is 11.9 Å². The number of rotatable bonds is 4. The lowest BCUT2D eigenvalue weighted by atomic mass is 10.2. The van der Waals surface area contributed by atoms with E-state index in [1.165, 1.54) is 0 Å². The fraction of sp³-hybridized carbons (Fsp3) is 0.300. The van der Waals surface area contributed by atoms with E-state index >= 15 is 0 Å². The average molecular weight is 273 g/mol. The van der Waals surface area contributed by atoms with Crippen molar-refractivity contribution < 1.29 is 9.90 Å². The molecule has 5 heteroatoms. The normalized spacial score (nSPS) is 12.2. The van der Waals surface area contributed by atoms with E-state index in [4.69, 9.17) is 10.8 Å². The molecule has 0 saturated heterocycles. The zero-order chi connectivity index (χ0) is 11.3. The van der Waals surface area contributed by atoms with Crippen molar-refractivity contribution in [3.8, 4) is 0 Å². The average Bonchev–Trinajstić information content (AvgIpc) is 2.21. The molecule has 0 heterocycles. The Balaban J connectivity index is 2.48. The molecule has 1 amide bonds. The zero-order valence-electron chi connectivity index (χ0n) is 8.11. The van der Waals surface area contributed by atoms with E-state index in [9.17, 15) is 4.79 Å². The Hall–Kier alpha value is -0.910. The van der Waals surface area contributed by atoms with Crippen molar-refractivity contribution >= 4 is 27.5 Å². The monoisotopic (exact) mass is 272 g/mol. The summed E-state index contributed by atoms with van der Waals surface area (Å²) in [4.78, 5) is 11.4. The Bertz CT molecular complexity index is 327. The maximum atomic E-state index is 11.4. The first kappa shape index (κ1) is 12.2. The van der Waals surface area contributed by atoms with E-state index in [-0.39, 0.29) is 18.9 Å². The molecule has 0 bridgehead atoms. The summed E-state index contributed by atoms with van der Waals surface area (Å²) in [7, 11) is 0. The van der Waals surface area contributed by atoms with Crippen LogP contribution in [-0.4, -0.2) is 23.7 Å². The van der Waals surface area contributed by atoms with Crippen molar-refractivity contribution in [3.05, 3.63) is 28.7 Å². The Morgan fingerprint density at radius 1 is 1.47 bits per heavy atom. The van der Waals surface area contributed by atoms with Gasteiger partial charge in [-0.3, -0.25) is 4.79 Å². The van der Waals surface area contributed by atoms with Gasteiger partial charge >= 0.3 is 0 Å². The third kappa shape index (κ3) is 4.42. The van der Waals surface area contributed by atoms with Crippen molar-refractivity contribution in [3.63, 3.8) is 0 Å². The van der Waals surface area contributed by atoms with Crippen molar-refractivity contribution in [1.82, 2.24) is 0 Å². The third-order valence-corrected chi connectivity index (χ3v) is 2.34. The van der Waals surface area contributed by atoms with Crippen LogP contribution < -0.4 is 11.1 Å². The molecular weight excluding hydrogens is 260 g/mol. The Labute approximate surface area is 96.6 Å². The maximum Gasteiger partial charge on any atom is 0.226 e. The lowest BCUT2D eigenvalue weighted by molar-refractivity contribution is -0.116. The van der Waals surface area contributed by atoms with E-state index in [1.807, 2.05) is 12.1 Å². The van der Waals surface area contributed by atoms with Crippen LogP contribution in [0.25, 0.3) is 0 Å². The van der Waals surface area contributed by atoms with Crippen molar-refractivity contribution in [2.45, 2.75) is 12.5 Å². The van der Waals surface area contributed by atoms with Gasteiger partial charge in [0.1, 0.15) is 0 Å². The standard InChI is InChI=1S/C10H13BrN2O2/c11-7-1-3-9(4-2-7)13-10(15)5-8(12)6-14/h1-4,8,14H,5-6,12H2,(H,13,15)/t8-/m0/s1. The lowest BCUT2D eigenvalue weighted by Crippen LogP contribution is -2.30. The van der Waals surface area contributed by atoms with Gasteiger partial charge in [-0.05, 0) is 24.3 Å². The number of nitrogens with two attached hydrogens (primary N) is 1. The molecule has 0 spiro atoms. The Kier molecular flexibility index (Phi) is 4.74. The SMILES string of the molecule is N[C@H](CO)CC(=O)Nc1ccc(Br)cc1. The van der Waals surface area contributed by atoms with Crippen LogP contribution in [-0.2, 0) is 4.79 Å². The number of aliphatic hydroxyl groups excluding tert-OH is 1. The van der Waals surface area contributed by atoms with Gasteiger partial charge in [-0.25, -0.2) is 0 Å². The molecule has 0 aliphatic rings. The highest BCUT2D eigenvalue weighted by molar-refractivity contribution is 9.10. The topological polar surface area (TPSA) is 75.3 Å². The summed E-state index contributed by atoms with van der Waals surface area (Å²) in [5.41, 5.74) is 6.15. The number of benzene rings is 1. The number of carbonyl (C=O) groups is 1. The molecule has 0 aromatic heterocycles. The van der Waals surface area contributed by atoms with Crippen LogP contribution in [0.1, 0.15) is 6.42 Å². The van der Waals surface area contributed by atoms with Gasteiger partial charge in [0.15, 0.2) is 0 Å². The summed E-state index contributed by atoms with van der Waals surface area (Å²) in [5.74, 6) is -0.195. The van der Waals surface area contributed by atoms with Crippen LogP contribution in [0.4, 0.5) is 5.69 Å². The Morgan fingerprint density at radius 2 is 2.07 bits per heavy atom. The van der Waals surface area contributed by atoms with E-state index in [0.717, 1.165) is 4.47 Å². The van der Waals surface area contributed by atoms with E-state index < -0.39 is 6.04 Å². The van der Waals surface area contributed by atoms with Crippen LogP contribution in [0.3, 0.4) is 0 Å². The second-order valence-electron chi connectivity index (χ2n) is 3.20. The molecule has 1 rings (SSSR count). The lowest BCUT2D eigenvalue weighted by Gasteiger charge is -2.08. The van der Waals surface area contributed by atoms with Crippen molar-refractivity contribution in [1.29, 1.82) is 0 Å². The zero-order valence-corrected chi connectivity index (χ0v) is 9.70. The summed E-state index contributed by atoms with van der Waals surface area (Å²) >= 11 is 3.30. The van der Waals surface area contributed by atoms with Gasteiger partial charge in [-0.15, -0.1) is 0 Å². The Morgan fingerprint density at radius 3 is 2.60 bits per heavy atom. The number of halogens is 1. The predicted octanol–water partition coefficient (Wildman–Crippen LogP) is 1.10. The van der Waals surface area contributed by atoms with E-state index in [2.05, 4.69) is 21.2 Å². The molecule has 0 aliphatic heterocycles. The van der Waals surface area contributed by atoms with E-state index in [0.29, 0.717) is 5.69 Å². The van der Waals surface area contributed by atoms with Crippen LogP contribution in [0, 0.1) is 0 Å². The first-order chi connectivity index (χ1) is 7.11. The van der Waals surface area contributed by atoms with Gasteiger partial charge in [-0.1, -0.05) is 15.9 Å². The van der Waals surface area contributed by atoms with Gasteiger partial charge in [0.2, 0.25) is 5.91 Å². The quantitative estimate of drug-likeness (QED) is 0.768. The summed E-state index contributed by atoms with van der Waals surface area (Å²) in [6.07, 6.45) is 0.118. The minimum absolute atomic E-state index is 0.118. The van der Waals surface area contributed by atoms with Gasteiger partial charge in [-0.2, -0.15) is 0 Å². The maximum absolute atomic E-state index is 11.4. The molecule has 0 unspecified atom stereocenters. The number of hydrogen-bond acceptors (Lipinski definition) is 3. The molecule has 1 aromatic rings. The molecular formula is C10H13BrN2O2. The highest BCUT2D eigenvalue weighted by atomic mass is 79.9. The van der Waals surface area contributed by atoms with Crippen LogP contribution in [0.15, 0.2) is 28.7 Å². The minimum atomic E-state index is -0.500. The minimum Gasteiger partial charge on any atom is -0.395 e. The molecule has 4 nitrogen and oxygen atoms in total. The molecule has 82 valence electrons. The largest absolute Gasteiger partial charge is 0.395 e. The summed E-state index contributed by atoms with van der Waals surface area (Å²) in [6.45, 7) is -0.187. The van der Waals surface area contributed by atoms with Crippen LogP contribution >= 0.6 is 15.9 Å². The number of aliphatic hydroxyl groups is 1. The number of hydrogen-bond donors (Lipinski definition) is 3. The second-order valence-corrected chi connectivity index (χ2v) is 4.12. The first-order valence-corrected chi connectivity index (χ1v) is 5.33. The number of nitrogens with one attached hydrogen (secondary N) is 1. The summed E-state index contributed by atoms with van der Waals surface area (Å²) in [5, 5.41) is 11.4. The van der Waals surface area contributed by atoms with Crippen molar-refractivity contribution in [2.24, 2.45) is 5.73 Å². The number of carbonyl (C=O) groups excluding carboxylic acids is 1. The highest BCUT2D eigenvalue weighted by Gasteiger charge is 2.08. The third-order valence-electron chi connectivity index (χ3n) is 1.81. The van der Waals surface area contributed by atoms with Gasteiger partial charge in [0.05, 0.1) is 6.61 Å². The van der Waals surface area contributed by atoms with E-state index in [1.54, 1.807) is 12.1 Å². The molecule has 1 atom stereocenters. The van der Waals surface area contributed by atoms with Gasteiger partial charge in [0, 0.05) is 22.6 Å². The summed E-state index contributed by atoms with van der Waals surface area (Å²) < 4.78 is 0.951. The summed E-state index contributed by atoms with van der Waals surface area (Å²) in [6, 6.07) is 6.74. The molecule has 1 aromatic carbocycles. The fourth-order valence-electron chi connectivity index (χ4n) is 1.05. The highest BCUT2D eigenvalue weighted by Crippen LogP contribution is 2.14. The molecule has 0 fully saturated rings. The predicted molar refractivity (Wildman–Crippen MR) is 62.4 cm³/mol. The van der Waals surface area contributed by atoms with Gasteiger partial charge in [0.25, 0.3) is 0 Å². The second kappa shape index (κ2) is 5.85. The van der Waals surface area contributed by atoms with Gasteiger partial charge < -0.3 is 16.2 Å². The fourth-order valence-corrected chi connectivity index (χ4v) is 1.31. The molecule has 0 radical (unpaired) electrons. The van der Waals surface area contributed by atoms with Crippen LogP contribution in [0.2, 0.25) is 0 Å². The number of anilines is 1.